The van der Waals surface area contributed by atoms with Crippen molar-refractivity contribution in [2.75, 3.05) is 18.9 Å². The Morgan fingerprint density at radius 3 is 2.36 bits per heavy atom. The van der Waals surface area contributed by atoms with Gasteiger partial charge in [0.15, 0.2) is 0 Å². The Balaban J connectivity index is 2.12. The summed E-state index contributed by atoms with van der Waals surface area (Å²) in [6.07, 6.45) is 3.14. The Morgan fingerprint density at radius 1 is 1.09 bits per heavy atom. The van der Waals surface area contributed by atoms with Crippen molar-refractivity contribution in [2.45, 2.75) is 33.7 Å². The lowest BCUT2D eigenvalue weighted by atomic mass is 9.94. The average Bonchev–Trinajstić information content (AvgIpc) is 2.79. The minimum atomic E-state index is -0.941. The summed E-state index contributed by atoms with van der Waals surface area (Å²) in [7, 11) is 1.72. The van der Waals surface area contributed by atoms with Crippen LogP contribution in [0.4, 0.5) is 5.69 Å². The van der Waals surface area contributed by atoms with Crippen molar-refractivity contribution < 1.29 is 24.2 Å². The summed E-state index contributed by atoms with van der Waals surface area (Å²) in [4.78, 5) is 52.7. The van der Waals surface area contributed by atoms with Crippen molar-refractivity contribution in [3.63, 3.8) is 0 Å². The van der Waals surface area contributed by atoms with Crippen LogP contribution in [0.15, 0.2) is 66.1 Å². The van der Waals surface area contributed by atoms with E-state index in [1.807, 2.05) is 37.3 Å². The van der Waals surface area contributed by atoms with Crippen molar-refractivity contribution in [2.24, 2.45) is 5.41 Å². The van der Waals surface area contributed by atoms with Crippen LogP contribution in [0.2, 0.25) is 0 Å². The molecule has 0 fully saturated rings. The number of aromatic nitrogens is 1. The third-order valence-corrected chi connectivity index (χ3v) is 5.12. The number of hydrazine groups is 1. The molecule has 3 rings (SSSR count). The molecule has 0 saturated carbocycles. The fraction of sp³-hybridized carbons (Fsp3) is 0.333. The van der Waals surface area contributed by atoms with Crippen molar-refractivity contribution in [1.29, 1.82) is 0 Å². The van der Waals surface area contributed by atoms with Gasteiger partial charge < -0.3 is 5.32 Å². The SMILES string of the molecule is CCN1C(=O)C(Nc2cccnc2)=C(C(=O)OOC(=O)C(C)(C)C)C(c2ccccc2)N1C. The summed E-state index contributed by atoms with van der Waals surface area (Å²) >= 11 is 0. The normalized spacial score (nSPS) is 17.1. The van der Waals surface area contributed by atoms with Gasteiger partial charge in [-0.15, -0.1) is 0 Å². The van der Waals surface area contributed by atoms with Crippen molar-refractivity contribution in [1.82, 2.24) is 15.0 Å². The third-order valence-electron chi connectivity index (χ3n) is 5.12. The van der Waals surface area contributed by atoms with Crippen LogP contribution in [0.1, 0.15) is 39.3 Å². The van der Waals surface area contributed by atoms with E-state index in [-0.39, 0.29) is 11.3 Å². The molecule has 2 aromatic rings. The zero-order valence-electron chi connectivity index (χ0n) is 19.4. The first-order chi connectivity index (χ1) is 15.6. The van der Waals surface area contributed by atoms with Crippen molar-refractivity contribution in [3.8, 4) is 0 Å². The monoisotopic (exact) mass is 452 g/mol. The van der Waals surface area contributed by atoms with Crippen LogP contribution >= 0.6 is 0 Å². The molecule has 9 heteroatoms. The summed E-state index contributed by atoms with van der Waals surface area (Å²) in [6, 6.07) is 12.0. The lowest BCUT2D eigenvalue weighted by Gasteiger charge is -2.42. The first-order valence-corrected chi connectivity index (χ1v) is 10.6. The zero-order valence-corrected chi connectivity index (χ0v) is 19.4. The van der Waals surface area contributed by atoms with Gasteiger partial charge in [0.05, 0.1) is 28.9 Å². The van der Waals surface area contributed by atoms with Crippen LogP contribution < -0.4 is 5.32 Å². The van der Waals surface area contributed by atoms with E-state index >= 15 is 0 Å². The molecule has 1 aromatic heterocycles. The minimum absolute atomic E-state index is 0.0176. The number of likely N-dealkylation sites (N-methyl/N-ethyl adjacent to an activating group) is 2. The molecular formula is C24H28N4O5. The highest BCUT2D eigenvalue weighted by atomic mass is 17.2. The molecule has 1 N–H and O–H groups in total. The molecule has 174 valence electrons. The summed E-state index contributed by atoms with van der Waals surface area (Å²) in [5.74, 6) is -2.07. The molecule has 1 unspecified atom stereocenters. The highest BCUT2D eigenvalue weighted by molar-refractivity contribution is 6.06. The first kappa shape index (κ1) is 23.9. The maximum Gasteiger partial charge on any atom is 0.386 e. The fourth-order valence-corrected chi connectivity index (χ4v) is 3.40. The predicted octanol–water partition coefficient (Wildman–Crippen LogP) is 3.25. The van der Waals surface area contributed by atoms with Crippen LogP contribution in [0.3, 0.4) is 0 Å². The quantitative estimate of drug-likeness (QED) is 0.545. The number of carbonyl (C=O) groups is 3. The number of nitrogens with one attached hydrogen (secondary N) is 1. The number of nitrogens with zero attached hydrogens (tertiary/aromatic N) is 3. The molecule has 1 aliphatic heterocycles. The number of rotatable bonds is 5. The molecule has 0 saturated heterocycles. The Hall–Kier alpha value is -3.72. The molecule has 1 amide bonds. The Bertz CT molecular complexity index is 1050. The molecular weight excluding hydrogens is 424 g/mol. The number of pyridine rings is 1. The second-order valence-corrected chi connectivity index (χ2v) is 8.55. The predicted molar refractivity (Wildman–Crippen MR) is 121 cm³/mol. The highest BCUT2D eigenvalue weighted by Crippen LogP contribution is 2.37. The molecule has 1 atom stereocenters. The van der Waals surface area contributed by atoms with Gasteiger partial charge >= 0.3 is 11.9 Å². The van der Waals surface area contributed by atoms with Crippen LogP contribution in [0.5, 0.6) is 0 Å². The van der Waals surface area contributed by atoms with E-state index in [9.17, 15) is 14.4 Å². The Labute approximate surface area is 192 Å². The number of benzene rings is 1. The van der Waals surface area contributed by atoms with Gasteiger partial charge in [-0.2, -0.15) is 0 Å². The third kappa shape index (κ3) is 5.20. The molecule has 33 heavy (non-hydrogen) atoms. The first-order valence-electron chi connectivity index (χ1n) is 10.6. The van der Waals surface area contributed by atoms with E-state index in [4.69, 9.17) is 9.78 Å². The van der Waals surface area contributed by atoms with E-state index in [2.05, 4.69) is 10.3 Å². The van der Waals surface area contributed by atoms with E-state index < -0.39 is 29.3 Å². The zero-order chi connectivity index (χ0) is 24.2. The Morgan fingerprint density at radius 2 is 1.79 bits per heavy atom. The van der Waals surface area contributed by atoms with E-state index in [0.29, 0.717) is 12.2 Å². The van der Waals surface area contributed by atoms with E-state index in [1.165, 1.54) is 11.2 Å². The summed E-state index contributed by atoms with van der Waals surface area (Å²) < 4.78 is 0. The van der Waals surface area contributed by atoms with Crippen LogP contribution in [0, 0.1) is 5.41 Å². The smallest absolute Gasteiger partial charge is 0.349 e. The Kier molecular flexibility index (Phi) is 7.13. The van der Waals surface area contributed by atoms with Gasteiger partial charge in [0.1, 0.15) is 5.70 Å². The largest absolute Gasteiger partial charge is 0.386 e. The lowest BCUT2D eigenvalue weighted by molar-refractivity contribution is -0.262. The second kappa shape index (κ2) is 9.83. The molecule has 1 aromatic carbocycles. The van der Waals surface area contributed by atoms with Gasteiger partial charge in [-0.25, -0.2) is 24.4 Å². The second-order valence-electron chi connectivity index (χ2n) is 8.55. The van der Waals surface area contributed by atoms with E-state index in [1.54, 1.807) is 51.2 Å². The maximum atomic E-state index is 13.4. The maximum absolute atomic E-state index is 13.4. The van der Waals surface area contributed by atoms with Gasteiger partial charge in [-0.1, -0.05) is 30.3 Å². The molecule has 1 aliphatic rings. The van der Waals surface area contributed by atoms with Crippen molar-refractivity contribution in [3.05, 3.63) is 71.7 Å². The number of anilines is 1. The molecule has 0 spiro atoms. The van der Waals surface area contributed by atoms with Gasteiger partial charge in [-0.05, 0) is 45.4 Å². The van der Waals surface area contributed by atoms with Crippen molar-refractivity contribution >= 4 is 23.5 Å². The van der Waals surface area contributed by atoms with Crippen LogP contribution in [-0.2, 0) is 24.2 Å². The lowest BCUT2D eigenvalue weighted by Crippen LogP contribution is -2.53. The molecule has 0 radical (unpaired) electrons. The van der Waals surface area contributed by atoms with Gasteiger partial charge in [-0.3, -0.25) is 14.8 Å². The average molecular weight is 453 g/mol. The summed E-state index contributed by atoms with van der Waals surface area (Å²) in [5.41, 5.74) is 0.441. The van der Waals surface area contributed by atoms with Crippen LogP contribution in [0.25, 0.3) is 0 Å². The number of amides is 1. The van der Waals surface area contributed by atoms with Gasteiger partial charge in [0.2, 0.25) is 0 Å². The number of carbonyl (C=O) groups excluding carboxylic acids is 3. The summed E-state index contributed by atoms with van der Waals surface area (Å²) in [6.45, 7) is 7.13. The molecule has 9 nitrogen and oxygen atoms in total. The van der Waals surface area contributed by atoms with Gasteiger partial charge in [0, 0.05) is 19.8 Å². The minimum Gasteiger partial charge on any atom is -0.349 e. The molecule has 0 bridgehead atoms. The molecule has 0 aliphatic carbocycles. The van der Waals surface area contributed by atoms with Crippen LogP contribution in [-0.4, -0.2) is 46.4 Å². The van der Waals surface area contributed by atoms with E-state index in [0.717, 1.165) is 5.56 Å². The highest BCUT2D eigenvalue weighted by Gasteiger charge is 2.43. The van der Waals surface area contributed by atoms with Gasteiger partial charge in [0.25, 0.3) is 5.91 Å². The fourth-order valence-electron chi connectivity index (χ4n) is 3.40. The molecule has 2 heterocycles. The number of hydrogen-bond acceptors (Lipinski definition) is 8. The summed E-state index contributed by atoms with van der Waals surface area (Å²) in [5, 5.41) is 6.22. The number of hydrogen-bond donors (Lipinski definition) is 1. The standard InChI is InChI=1S/C24H28N4O5/c1-6-28-21(29)19(26-17-13-10-14-25-15-17)18(22(30)32-33-23(31)24(2,3)4)20(27(28)5)16-11-8-7-9-12-16/h7-15,20,26H,6H2,1-5H3. The topological polar surface area (TPSA) is 101 Å².